The second-order valence-electron chi connectivity index (χ2n) is 6.31. The third-order valence-electron chi connectivity index (χ3n) is 4.74. The Hall–Kier alpha value is -2.62. The number of carbonyl (C=O) groups excluding carboxylic acids is 2. The van der Waals surface area contributed by atoms with Gasteiger partial charge in [-0.2, -0.15) is 5.10 Å². The zero-order chi connectivity index (χ0) is 18.3. The van der Waals surface area contributed by atoms with Crippen LogP contribution in [0.3, 0.4) is 0 Å². The first-order chi connectivity index (χ1) is 11.8. The summed E-state index contributed by atoms with van der Waals surface area (Å²) in [6.45, 7) is 0.970. The van der Waals surface area contributed by atoms with Crippen LogP contribution in [0.15, 0.2) is 0 Å². The molecule has 0 aliphatic carbocycles. The largest absolute Gasteiger partial charge is 0.465 e. The third kappa shape index (κ3) is 2.93. The second-order valence-corrected chi connectivity index (χ2v) is 6.31. The topological polar surface area (TPSA) is 108 Å². The zero-order valence-corrected chi connectivity index (χ0v) is 14.4. The number of aromatic nitrogens is 2. The van der Waals surface area contributed by atoms with Crippen LogP contribution in [0.1, 0.15) is 21.7 Å². The minimum absolute atomic E-state index is 0.135. The van der Waals surface area contributed by atoms with Gasteiger partial charge in [0.25, 0.3) is 11.8 Å². The molecule has 2 aliphatic heterocycles. The predicted octanol–water partition coefficient (Wildman–Crippen LogP) is -0.359. The maximum absolute atomic E-state index is 12.8. The van der Waals surface area contributed by atoms with Crippen molar-refractivity contribution in [1.82, 2.24) is 24.6 Å². The summed E-state index contributed by atoms with van der Waals surface area (Å²) in [6, 6.07) is 0. The Balaban J connectivity index is 1.98. The van der Waals surface area contributed by atoms with Crippen molar-refractivity contribution in [3.05, 3.63) is 17.0 Å². The van der Waals surface area contributed by atoms with Gasteiger partial charge >= 0.3 is 6.09 Å². The highest BCUT2D eigenvalue weighted by Gasteiger charge is 2.37. The maximum Gasteiger partial charge on any atom is 0.407 e. The number of hydroxylamine groups is 2. The van der Waals surface area contributed by atoms with Crippen LogP contribution >= 0.6 is 0 Å². The second kappa shape index (κ2) is 6.36. The van der Waals surface area contributed by atoms with Crippen molar-refractivity contribution in [1.29, 1.82) is 0 Å². The first-order valence-electron chi connectivity index (χ1n) is 7.97. The molecule has 3 amide bonds. The van der Waals surface area contributed by atoms with Gasteiger partial charge in [0.05, 0.1) is 31.8 Å². The molecule has 0 fully saturated rings. The Morgan fingerprint density at radius 1 is 1.36 bits per heavy atom. The van der Waals surface area contributed by atoms with E-state index in [1.807, 2.05) is 0 Å². The van der Waals surface area contributed by atoms with E-state index in [4.69, 9.17) is 4.84 Å². The van der Waals surface area contributed by atoms with Crippen LogP contribution in [0.5, 0.6) is 0 Å². The van der Waals surface area contributed by atoms with Crippen LogP contribution in [-0.4, -0.2) is 82.0 Å². The van der Waals surface area contributed by atoms with Gasteiger partial charge in [-0.25, -0.2) is 9.86 Å². The lowest BCUT2D eigenvalue weighted by Gasteiger charge is -2.25. The summed E-state index contributed by atoms with van der Waals surface area (Å²) in [6.07, 6.45) is -0.565. The summed E-state index contributed by atoms with van der Waals surface area (Å²) < 4.78 is 1.55. The van der Waals surface area contributed by atoms with E-state index in [2.05, 4.69) is 5.10 Å². The normalized spacial score (nSPS) is 20.0. The van der Waals surface area contributed by atoms with Crippen LogP contribution in [0.2, 0.25) is 0 Å². The van der Waals surface area contributed by atoms with Crippen molar-refractivity contribution in [2.24, 2.45) is 5.92 Å². The minimum Gasteiger partial charge on any atom is -0.465 e. The number of fused-ring (bicyclic) bond motifs is 3. The van der Waals surface area contributed by atoms with Crippen molar-refractivity contribution in [2.45, 2.75) is 19.5 Å². The monoisotopic (exact) mass is 351 g/mol. The summed E-state index contributed by atoms with van der Waals surface area (Å²) in [5, 5.41) is 14.8. The molecule has 1 aromatic rings. The summed E-state index contributed by atoms with van der Waals surface area (Å²) in [4.78, 5) is 44.2. The molecule has 0 radical (unpaired) electrons. The van der Waals surface area contributed by atoms with E-state index >= 15 is 0 Å². The molecule has 0 spiro atoms. The van der Waals surface area contributed by atoms with Crippen LogP contribution in [0.25, 0.3) is 0 Å². The Morgan fingerprint density at radius 2 is 2.08 bits per heavy atom. The highest BCUT2D eigenvalue weighted by Crippen LogP contribution is 2.27. The number of amides is 3. The van der Waals surface area contributed by atoms with Gasteiger partial charge in [0.15, 0.2) is 0 Å². The van der Waals surface area contributed by atoms with Crippen molar-refractivity contribution >= 4 is 17.9 Å². The molecular weight excluding hydrogens is 330 g/mol. The Morgan fingerprint density at radius 3 is 2.72 bits per heavy atom. The van der Waals surface area contributed by atoms with E-state index < -0.39 is 12.0 Å². The van der Waals surface area contributed by atoms with Gasteiger partial charge in [-0.3, -0.25) is 19.1 Å². The number of hydrogen-bond acceptors (Lipinski definition) is 5. The van der Waals surface area contributed by atoms with E-state index in [1.54, 1.807) is 11.7 Å². The molecule has 0 saturated carbocycles. The summed E-state index contributed by atoms with van der Waals surface area (Å²) in [5.41, 5.74) is 1.74. The minimum atomic E-state index is -1.02. The number of carbonyl (C=O) groups is 3. The van der Waals surface area contributed by atoms with E-state index in [1.165, 1.54) is 24.0 Å². The van der Waals surface area contributed by atoms with Gasteiger partial charge in [0, 0.05) is 39.2 Å². The molecule has 1 aromatic heterocycles. The fourth-order valence-corrected chi connectivity index (χ4v) is 3.33. The Kier molecular flexibility index (Phi) is 4.38. The molecule has 0 bridgehead atoms. The summed E-state index contributed by atoms with van der Waals surface area (Å²) >= 11 is 0. The average molecular weight is 351 g/mol. The lowest BCUT2D eigenvalue weighted by Crippen LogP contribution is -2.40. The Bertz CT molecular complexity index is 730. The van der Waals surface area contributed by atoms with E-state index in [9.17, 15) is 19.5 Å². The van der Waals surface area contributed by atoms with Gasteiger partial charge < -0.3 is 14.9 Å². The van der Waals surface area contributed by atoms with Gasteiger partial charge in [0.1, 0.15) is 5.69 Å². The molecule has 1 atom stereocenters. The molecule has 0 saturated heterocycles. The lowest BCUT2D eigenvalue weighted by molar-refractivity contribution is -0.174. The van der Waals surface area contributed by atoms with Crippen molar-refractivity contribution in [3.8, 4) is 0 Å². The number of rotatable bonds is 2. The highest BCUT2D eigenvalue weighted by atomic mass is 16.7. The van der Waals surface area contributed by atoms with Crippen molar-refractivity contribution < 1.29 is 24.3 Å². The molecule has 3 rings (SSSR count). The summed E-state index contributed by atoms with van der Waals surface area (Å²) in [5.74, 6) is -0.982. The van der Waals surface area contributed by atoms with E-state index in [-0.39, 0.29) is 31.4 Å². The SMILES string of the molecule is CON(C)C(=O)C1CN(C)C(=O)c2c3c(nn2C1)CCN(C(=O)O)C3. The van der Waals surface area contributed by atoms with Gasteiger partial charge in [-0.15, -0.1) is 0 Å². The van der Waals surface area contributed by atoms with Gasteiger partial charge in [-0.1, -0.05) is 0 Å². The van der Waals surface area contributed by atoms with Crippen LogP contribution in [0, 0.1) is 5.92 Å². The van der Waals surface area contributed by atoms with Crippen LogP contribution in [0.4, 0.5) is 4.79 Å². The molecule has 1 N–H and O–H groups in total. The molecule has 3 heterocycles. The fraction of sp³-hybridized carbons (Fsp3) is 0.600. The van der Waals surface area contributed by atoms with Gasteiger partial charge in [0.2, 0.25) is 0 Å². The summed E-state index contributed by atoms with van der Waals surface area (Å²) in [7, 11) is 4.55. The molecule has 10 nitrogen and oxygen atoms in total. The van der Waals surface area contributed by atoms with Crippen molar-refractivity contribution in [2.75, 3.05) is 34.3 Å². The fourth-order valence-electron chi connectivity index (χ4n) is 3.33. The first-order valence-corrected chi connectivity index (χ1v) is 7.97. The maximum atomic E-state index is 12.8. The first kappa shape index (κ1) is 17.2. The highest BCUT2D eigenvalue weighted by molar-refractivity contribution is 5.95. The predicted molar refractivity (Wildman–Crippen MR) is 84.6 cm³/mol. The van der Waals surface area contributed by atoms with E-state index in [0.29, 0.717) is 24.2 Å². The average Bonchev–Trinajstić information content (AvgIpc) is 2.89. The lowest BCUT2D eigenvalue weighted by atomic mass is 10.1. The molecule has 10 heteroatoms. The number of hydrogen-bond donors (Lipinski definition) is 1. The molecule has 0 aromatic carbocycles. The van der Waals surface area contributed by atoms with Crippen LogP contribution < -0.4 is 0 Å². The Labute approximate surface area is 144 Å². The van der Waals surface area contributed by atoms with Gasteiger partial charge in [-0.05, 0) is 0 Å². The molecule has 1 unspecified atom stereocenters. The number of nitrogens with zero attached hydrogens (tertiary/aromatic N) is 5. The molecule has 25 heavy (non-hydrogen) atoms. The molecular formula is C15H21N5O5. The van der Waals surface area contributed by atoms with E-state index in [0.717, 1.165) is 10.8 Å². The smallest absolute Gasteiger partial charge is 0.407 e. The number of carboxylic acid groups (broad SMARTS) is 1. The molecule has 136 valence electrons. The van der Waals surface area contributed by atoms with Crippen molar-refractivity contribution in [3.63, 3.8) is 0 Å². The molecule has 2 aliphatic rings. The standard InChI is InChI=1S/C15H21N5O5/c1-17-6-9(13(21)18(2)25-3)7-20-12(14(17)22)10-8-19(15(23)24)5-4-11(10)16-20/h9H,4-8H2,1-3H3,(H,23,24). The third-order valence-corrected chi connectivity index (χ3v) is 4.74. The van der Waals surface area contributed by atoms with Crippen LogP contribution in [-0.2, 0) is 29.1 Å². The zero-order valence-electron chi connectivity index (χ0n) is 14.4. The quantitative estimate of drug-likeness (QED) is 0.729.